The van der Waals surface area contributed by atoms with Crippen LogP contribution >= 0.6 is 11.6 Å². The molecule has 0 aliphatic carbocycles. The third kappa shape index (κ3) is 4.08. The highest BCUT2D eigenvalue weighted by molar-refractivity contribution is 6.32. The van der Waals surface area contributed by atoms with Crippen LogP contribution in [-0.2, 0) is 6.18 Å². The van der Waals surface area contributed by atoms with Crippen LogP contribution in [0.4, 0.5) is 18.9 Å². The van der Waals surface area contributed by atoms with Gasteiger partial charge >= 0.3 is 11.9 Å². The minimum atomic E-state index is -4.55. The van der Waals surface area contributed by atoms with Crippen LogP contribution in [0.2, 0.25) is 5.02 Å². The zero-order chi connectivity index (χ0) is 17.9. The van der Waals surface area contributed by atoms with Crippen molar-refractivity contribution in [1.82, 2.24) is 0 Å². The molecule has 0 amide bonds. The molecule has 2 rings (SSSR count). The van der Waals surface area contributed by atoms with Crippen LogP contribution in [0, 0.1) is 10.1 Å². The van der Waals surface area contributed by atoms with Crippen LogP contribution in [0.25, 0.3) is 0 Å². The maximum absolute atomic E-state index is 12.8. The van der Waals surface area contributed by atoms with E-state index in [-0.39, 0.29) is 34.6 Å². The van der Waals surface area contributed by atoms with Crippen molar-refractivity contribution >= 4 is 17.3 Å². The van der Waals surface area contributed by atoms with Crippen LogP contribution in [0.5, 0.6) is 17.2 Å². The lowest BCUT2D eigenvalue weighted by Gasteiger charge is -2.12. The zero-order valence-electron chi connectivity index (χ0n) is 12.3. The maximum Gasteiger partial charge on any atom is 0.416 e. The van der Waals surface area contributed by atoms with Gasteiger partial charge in [-0.05, 0) is 31.2 Å². The summed E-state index contributed by atoms with van der Waals surface area (Å²) in [4.78, 5) is 10.3. The van der Waals surface area contributed by atoms with E-state index in [1.54, 1.807) is 6.92 Å². The second-order valence-corrected chi connectivity index (χ2v) is 4.97. The summed E-state index contributed by atoms with van der Waals surface area (Å²) in [6.07, 6.45) is -4.55. The first kappa shape index (κ1) is 17.9. The molecule has 0 fully saturated rings. The normalized spacial score (nSPS) is 11.2. The van der Waals surface area contributed by atoms with Crippen LogP contribution in [0.1, 0.15) is 12.5 Å². The van der Waals surface area contributed by atoms with Crippen molar-refractivity contribution in [3.63, 3.8) is 0 Å². The van der Waals surface area contributed by atoms with Gasteiger partial charge in [-0.15, -0.1) is 0 Å². The molecule has 5 nitrogen and oxygen atoms in total. The second-order valence-electron chi connectivity index (χ2n) is 4.56. The van der Waals surface area contributed by atoms with Crippen LogP contribution in [0.3, 0.4) is 0 Å². The molecule has 0 heterocycles. The first-order valence-electron chi connectivity index (χ1n) is 6.68. The molecule has 0 N–H and O–H groups in total. The average Bonchev–Trinajstić information content (AvgIpc) is 2.48. The lowest BCUT2D eigenvalue weighted by molar-refractivity contribution is -0.385. The monoisotopic (exact) mass is 361 g/mol. The number of alkyl halides is 3. The molecule has 2 aromatic rings. The molecule has 2 aromatic carbocycles. The van der Waals surface area contributed by atoms with Gasteiger partial charge in [-0.1, -0.05) is 11.6 Å². The number of hydrogen-bond donors (Lipinski definition) is 0. The van der Waals surface area contributed by atoms with Gasteiger partial charge in [0.25, 0.3) is 0 Å². The summed E-state index contributed by atoms with van der Waals surface area (Å²) in [7, 11) is 0. The Morgan fingerprint density at radius 1 is 1.17 bits per heavy atom. The molecular formula is C15H11ClF3NO4. The molecule has 24 heavy (non-hydrogen) atoms. The quantitative estimate of drug-likeness (QED) is 0.524. The molecule has 9 heteroatoms. The lowest BCUT2D eigenvalue weighted by Crippen LogP contribution is -2.04. The Morgan fingerprint density at radius 2 is 1.88 bits per heavy atom. The van der Waals surface area contributed by atoms with Gasteiger partial charge in [0.1, 0.15) is 11.5 Å². The first-order chi connectivity index (χ1) is 11.2. The van der Waals surface area contributed by atoms with E-state index >= 15 is 0 Å². The highest BCUT2D eigenvalue weighted by atomic mass is 35.5. The van der Waals surface area contributed by atoms with E-state index in [1.807, 2.05) is 0 Å². The molecule has 0 aliphatic heterocycles. The maximum atomic E-state index is 12.8. The summed E-state index contributed by atoms with van der Waals surface area (Å²) in [6.45, 7) is 1.82. The van der Waals surface area contributed by atoms with Gasteiger partial charge in [0, 0.05) is 12.1 Å². The van der Waals surface area contributed by atoms with Gasteiger partial charge in [-0.3, -0.25) is 10.1 Å². The molecule has 0 aliphatic rings. The van der Waals surface area contributed by atoms with E-state index in [2.05, 4.69) is 0 Å². The minimum Gasteiger partial charge on any atom is -0.487 e. The van der Waals surface area contributed by atoms with Gasteiger partial charge in [0.2, 0.25) is 5.75 Å². The van der Waals surface area contributed by atoms with E-state index in [0.717, 1.165) is 24.3 Å². The Labute approximate surface area is 139 Å². The van der Waals surface area contributed by atoms with E-state index < -0.39 is 16.7 Å². The van der Waals surface area contributed by atoms with E-state index in [0.29, 0.717) is 0 Å². The number of halogens is 4. The smallest absolute Gasteiger partial charge is 0.416 e. The number of rotatable bonds is 5. The molecule has 128 valence electrons. The van der Waals surface area contributed by atoms with Crippen molar-refractivity contribution in [3.8, 4) is 17.2 Å². The van der Waals surface area contributed by atoms with Crippen molar-refractivity contribution < 1.29 is 27.6 Å². The SMILES string of the molecule is CCOc1cc(Oc2cc(C(F)(F)F)ccc2Cl)ccc1[N+](=O)[O-]. The van der Waals surface area contributed by atoms with Gasteiger partial charge < -0.3 is 9.47 Å². The van der Waals surface area contributed by atoms with Gasteiger partial charge in [-0.25, -0.2) is 0 Å². The Morgan fingerprint density at radius 3 is 2.46 bits per heavy atom. The first-order valence-corrected chi connectivity index (χ1v) is 7.06. The fourth-order valence-electron chi connectivity index (χ4n) is 1.86. The van der Waals surface area contributed by atoms with Crippen molar-refractivity contribution in [2.75, 3.05) is 6.61 Å². The highest BCUT2D eigenvalue weighted by Crippen LogP contribution is 2.38. The second kappa shape index (κ2) is 6.96. The van der Waals surface area contributed by atoms with Crippen LogP contribution in [-0.4, -0.2) is 11.5 Å². The number of hydrogen-bond acceptors (Lipinski definition) is 4. The van der Waals surface area contributed by atoms with Gasteiger partial charge in [-0.2, -0.15) is 13.2 Å². The van der Waals surface area contributed by atoms with Crippen molar-refractivity contribution in [3.05, 3.63) is 57.1 Å². The van der Waals surface area contributed by atoms with Crippen LogP contribution in [0.15, 0.2) is 36.4 Å². The Hall–Kier alpha value is -2.48. The molecule has 0 aromatic heterocycles. The van der Waals surface area contributed by atoms with E-state index in [9.17, 15) is 23.3 Å². The third-order valence-corrected chi connectivity index (χ3v) is 3.23. The van der Waals surface area contributed by atoms with E-state index in [1.165, 1.54) is 12.1 Å². The molecule has 0 atom stereocenters. The summed E-state index contributed by atoms with van der Waals surface area (Å²) in [6, 6.07) is 6.26. The molecule has 0 bridgehead atoms. The molecule has 0 radical (unpaired) electrons. The Kier molecular flexibility index (Phi) is 5.18. The predicted octanol–water partition coefficient (Wildman–Crippen LogP) is 5.46. The van der Waals surface area contributed by atoms with Crippen LogP contribution < -0.4 is 9.47 Å². The number of benzene rings is 2. The number of nitro benzene ring substituents is 1. The third-order valence-electron chi connectivity index (χ3n) is 2.91. The molecule has 0 unspecified atom stereocenters. The average molecular weight is 362 g/mol. The molecule has 0 saturated heterocycles. The summed E-state index contributed by atoms with van der Waals surface area (Å²) >= 11 is 5.85. The summed E-state index contributed by atoms with van der Waals surface area (Å²) in [5, 5.41) is 10.9. The highest BCUT2D eigenvalue weighted by Gasteiger charge is 2.31. The molecular weight excluding hydrogens is 351 g/mol. The zero-order valence-corrected chi connectivity index (χ0v) is 13.0. The minimum absolute atomic E-state index is 0.0284. The number of nitrogens with zero attached hydrogens (tertiary/aromatic N) is 1. The summed E-state index contributed by atoms with van der Waals surface area (Å²) < 4.78 is 48.7. The molecule has 0 saturated carbocycles. The standard InChI is InChI=1S/C15H11ClF3NO4/c1-2-23-14-8-10(4-6-12(14)20(21)22)24-13-7-9(15(17,18)19)3-5-11(13)16/h3-8H,2H2,1H3. The predicted molar refractivity (Wildman–Crippen MR) is 80.8 cm³/mol. The lowest BCUT2D eigenvalue weighted by atomic mass is 10.2. The fraction of sp³-hybridized carbons (Fsp3) is 0.200. The topological polar surface area (TPSA) is 61.6 Å². The summed E-state index contributed by atoms with van der Waals surface area (Å²) in [5.74, 6) is -0.212. The van der Waals surface area contributed by atoms with Gasteiger partial charge in [0.15, 0.2) is 0 Å². The molecule has 0 spiro atoms. The number of ether oxygens (including phenoxy) is 2. The Bertz CT molecular complexity index is 765. The fourth-order valence-corrected chi connectivity index (χ4v) is 2.02. The Balaban J connectivity index is 2.37. The summed E-state index contributed by atoms with van der Waals surface area (Å²) in [5.41, 5.74) is -1.20. The van der Waals surface area contributed by atoms with Gasteiger partial charge in [0.05, 0.1) is 22.1 Å². The van der Waals surface area contributed by atoms with Crippen molar-refractivity contribution in [1.29, 1.82) is 0 Å². The number of nitro groups is 1. The van der Waals surface area contributed by atoms with Crippen molar-refractivity contribution in [2.45, 2.75) is 13.1 Å². The van der Waals surface area contributed by atoms with E-state index in [4.69, 9.17) is 21.1 Å². The largest absolute Gasteiger partial charge is 0.487 e. The van der Waals surface area contributed by atoms with Crippen molar-refractivity contribution in [2.24, 2.45) is 0 Å².